The molecule has 152 valence electrons. The normalized spacial score (nSPS) is 14.8. The lowest BCUT2D eigenvalue weighted by atomic mass is 10.1. The first kappa shape index (κ1) is 18.9. The second kappa shape index (κ2) is 8.27. The standard InChI is InChI=1S/C20H20N2O7/c23-14(13-2-4-15-18(8-13)27-6-5-26-15)10-22-20(25)19(24)21-9-12-1-3-16-17(7-12)29-11-28-16/h1-4,7-8,14,23H,5-6,9-11H2,(H,21,24)(H,22,25)/t14-/m0/s1. The summed E-state index contributed by atoms with van der Waals surface area (Å²) < 4.78 is 21.4. The fraction of sp³-hybridized carbons (Fsp3) is 0.300. The van der Waals surface area contributed by atoms with Crippen LogP contribution in [-0.2, 0) is 16.1 Å². The van der Waals surface area contributed by atoms with Crippen molar-refractivity contribution in [3.63, 3.8) is 0 Å². The maximum Gasteiger partial charge on any atom is 0.309 e. The summed E-state index contributed by atoms with van der Waals surface area (Å²) in [6.45, 7) is 1.13. The molecular weight excluding hydrogens is 380 g/mol. The predicted molar refractivity (Wildman–Crippen MR) is 99.8 cm³/mol. The van der Waals surface area contributed by atoms with Gasteiger partial charge in [-0.3, -0.25) is 9.59 Å². The Labute approximate surface area is 166 Å². The first-order valence-corrected chi connectivity index (χ1v) is 9.12. The topological polar surface area (TPSA) is 115 Å². The Bertz CT molecular complexity index is 931. The van der Waals surface area contributed by atoms with Crippen molar-refractivity contribution < 1.29 is 33.6 Å². The van der Waals surface area contributed by atoms with Crippen molar-refractivity contribution in [3.8, 4) is 23.0 Å². The Balaban J connectivity index is 1.26. The fourth-order valence-electron chi connectivity index (χ4n) is 2.97. The quantitative estimate of drug-likeness (QED) is 0.632. The minimum absolute atomic E-state index is 0.115. The molecule has 0 radical (unpaired) electrons. The van der Waals surface area contributed by atoms with Crippen molar-refractivity contribution in [2.24, 2.45) is 0 Å². The van der Waals surface area contributed by atoms with E-state index in [4.69, 9.17) is 18.9 Å². The molecule has 2 heterocycles. The third kappa shape index (κ3) is 4.35. The number of aliphatic hydroxyl groups excluding tert-OH is 1. The molecule has 0 unspecified atom stereocenters. The van der Waals surface area contributed by atoms with E-state index in [9.17, 15) is 14.7 Å². The molecule has 2 aromatic carbocycles. The molecule has 4 rings (SSSR count). The van der Waals surface area contributed by atoms with E-state index in [1.54, 1.807) is 36.4 Å². The molecule has 2 amide bonds. The maximum absolute atomic E-state index is 12.0. The van der Waals surface area contributed by atoms with Crippen LogP contribution in [0.1, 0.15) is 17.2 Å². The minimum atomic E-state index is -0.989. The van der Waals surface area contributed by atoms with Crippen LogP contribution in [0.3, 0.4) is 0 Å². The Morgan fingerprint density at radius 2 is 1.52 bits per heavy atom. The van der Waals surface area contributed by atoms with Gasteiger partial charge in [-0.05, 0) is 35.4 Å². The van der Waals surface area contributed by atoms with Crippen LogP contribution in [0.2, 0.25) is 0 Å². The van der Waals surface area contributed by atoms with E-state index >= 15 is 0 Å². The minimum Gasteiger partial charge on any atom is -0.486 e. The summed E-state index contributed by atoms with van der Waals surface area (Å²) in [4.78, 5) is 24.0. The van der Waals surface area contributed by atoms with Crippen LogP contribution in [0, 0.1) is 0 Å². The van der Waals surface area contributed by atoms with Gasteiger partial charge in [-0.25, -0.2) is 0 Å². The van der Waals surface area contributed by atoms with E-state index in [1.807, 2.05) is 0 Å². The van der Waals surface area contributed by atoms with Gasteiger partial charge in [0.05, 0.1) is 6.10 Å². The van der Waals surface area contributed by atoms with Crippen LogP contribution >= 0.6 is 0 Å². The molecule has 2 aromatic rings. The third-order valence-electron chi connectivity index (χ3n) is 4.50. The molecule has 0 saturated heterocycles. The highest BCUT2D eigenvalue weighted by Crippen LogP contribution is 2.33. The zero-order valence-electron chi connectivity index (χ0n) is 15.5. The molecule has 3 N–H and O–H groups in total. The Morgan fingerprint density at radius 1 is 0.862 bits per heavy atom. The molecule has 0 saturated carbocycles. The average Bonchev–Trinajstić information content (AvgIpc) is 3.23. The van der Waals surface area contributed by atoms with Gasteiger partial charge in [-0.2, -0.15) is 0 Å². The average molecular weight is 400 g/mol. The molecule has 9 heteroatoms. The number of rotatable bonds is 5. The van der Waals surface area contributed by atoms with Crippen LogP contribution in [-0.4, -0.2) is 43.5 Å². The van der Waals surface area contributed by atoms with Crippen molar-refractivity contribution in [1.29, 1.82) is 0 Å². The zero-order chi connectivity index (χ0) is 20.2. The second-order valence-corrected chi connectivity index (χ2v) is 6.50. The number of benzene rings is 2. The number of nitrogens with one attached hydrogen (secondary N) is 2. The molecular formula is C20H20N2O7. The highest BCUT2D eigenvalue weighted by molar-refractivity contribution is 6.35. The van der Waals surface area contributed by atoms with E-state index in [2.05, 4.69) is 10.6 Å². The van der Waals surface area contributed by atoms with Crippen LogP contribution < -0.4 is 29.6 Å². The Hall–Kier alpha value is -3.46. The number of ether oxygens (including phenoxy) is 4. The number of amides is 2. The van der Waals surface area contributed by atoms with Crippen LogP contribution in [0.15, 0.2) is 36.4 Å². The van der Waals surface area contributed by atoms with E-state index in [0.717, 1.165) is 5.56 Å². The molecule has 0 fully saturated rings. The van der Waals surface area contributed by atoms with Gasteiger partial charge in [0.2, 0.25) is 6.79 Å². The van der Waals surface area contributed by atoms with Gasteiger partial charge < -0.3 is 34.7 Å². The maximum atomic E-state index is 12.0. The third-order valence-corrected chi connectivity index (χ3v) is 4.50. The molecule has 1 atom stereocenters. The van der Waals surface area contributed by atoms with Gasteiger partial charge in [0.25, 0.3) is 0 Å². The highest BCUT2D eigenvalue weighted by atomic mass is 16.7. The van der Waals surface area contributed by atoms with Gasteiger partial charge >= 0.3 is 11.8 Å². The van der Waals surface area contributed by atoms with Gasteiger partial charge in [-0.1, -0.05) is 12.1 Å². The van der Waals surface area contributed by atoms with Gasteiger partial charge in [0.1, 0.15) is 13.2 Å². The van der Waals surface area contributed by atoms with E-state index < -0.39 is 17.9 Å². The Kier molecular flexibility index (Phi) is 5.39. The molecule has 0 aromatic heterocycles. The summed E-state index contributed by atoms with van der Waals surface area (Å²) in [6.07, 6.45) is -0.989. The zero-order valence-corrected chi connectivity index (χ0v) is 15.5. The molecule has 0 spiro atoms. The van der Waals surface area contributed by atoms with Crippen LogP contribution in [0.4, 0.5) is 0 Å². The predicted octanol–water partition coefficient (Wildman–Crippen LogP) is 0.652. The van der Waals surface area contributed by atoms with Gasteiger partial charge in [-0.15, -0.1) is 0 Å². The van der Waals surface area contributed by atoms with Crippen molar-refractivity contribution in [3.05, 3.63) is 47.5 Å². The summed E-state index contributed by atoms with van der Waals surface area (Å²) in [7, 11) is 0. The number of fused-ring (bicyclic) bond motifs is 2. The molecule has 29 heavy (non-hydrogen) atoms. The molecule has 9 nitrogen and oxygen atoms in total. The van der Waals surface area contributed by atoms with E-state index in [1.165, 1.54) is 0 Å². The van der Waals surface area contributed by atoms with Crippen molar-refractivity contribution in [2.75, 3.05) is 26.6 Å². The number of carbonyl (C=O) groups is 2. The molecule has 2 aliphatic heterocycles. The van der Waals surface area contributed by atoms with Crippen LogP contribution in [0.25, 0.3) is 0 Å². The summed E-state index contributed by atoms with van der Waals surface area (Å²) >= 11 is 0. The second-order valence-electron chi connectivity index (χ2n) is 6.50. The lowest BCUT2D eigenvalue weighted by Gasteiger charge is -2.20. The first-order valence-electron chi connectivity index (χ1n) is 9.12. The monoisotopic (exact) mass is 400 g/mol. The lowest BCUT2D eigenvalue weighted by Crippen LogP contribution is -2.41. The van der Waals surface area contributed by atoms with Crippen molar-refractivity contribution in [1.82, 2.24) is 10.6 Å². The van der Waals surface area contributed by atoms with E-state index in [0.29, 0.717) is 41.8 Å². The number of hydrogen-bond donors (Lipinski definition) is 3. The number of hydrogen-bond acceptors (Lipinski definition) is 7. The molecule has 0 bridgehead atoms. The lowest BCUT2D eigenvalue weighted by molar-refractivity contribution is -0.139. The highest BCUT2D eigenvalue weighted by Gasteiger charge is 2.19. The summed E-state index contributed by atoms with van der Waals surface area (Å²) in [5, 5.41) is 15.2. The van der Waals surface area contributed by atoms with Gasteiger partial charge in [0, 0.05) is 13.1 Å². The molecule has 2 aliphatic rings. The SMILES string of the molecule is O=C(NCc1ccc2c(c1)OCO2)C(=O)NC[C@H](O)c1ccc2c(c1)OCCO2. The first-order chi connectivity index (χ1) is 14.1. The molecule has 0 aliphatic carbocycles. The largest absolute Gasteiger partial charge is 0.486 e. The number of aliphatic hydroxyl groups is 1. The Morgan fingerprint density at radius 3 is 2.38 bits per heavy atom. The van der Waals surface area contributed by atoms with Gasteiger partial charge in [0.15, 0.2) is 23.0 Å². The van der Waals surface area contributed by atoms with Crippen molar-refractivity contribution in [2.45, 2.75) is 12.6 Å². The summed E-state index contributed by atoms with van der Waals surface area (Å²) in [5.74, 6) is 0.772. The fourth-order valence-corrected chi connectivity index (χ4v) is 2.97. The smallest absolute Gasteiger partial charge is 0.309 e. The number of carbonyl (C=O) groups excluding carboxylic acids is 2. The van der Waals surface area contributed by atoms with E-state index in [-0.39, 0.29) is 19.9 Å². The van der Waals surface area contributed by atoms with Crippen LogP contribution in [0.5, 0.6) is 23.0 Å². The van der Waals surface area contributed by atoms with Crippen molar-refractivity contribution >= 4 is 11.8 Å². The summed E-state index contributed by atoms with van der Waals surface area (Å²) in [6, 6.07) is 10.3. The summed E-state index contributed by atoms with van der Waals surface area (Å²) in [5.41, 5.74) is 1.32.